The van der Waals surface area contributed by atoms with Gasteiger partial charge in [0.2, 0.25) is 0 Å². The van der Waals surface area contributed by atoms with Crippen LogP contribution in [0.3, 0.4) is 0 Å². The molecule has 92 valence electrons. The molecule has 0 aromatic rings. The maximum Gasteiger partial charge on any atom is 0.139 e. The van der Waals surface area contributed by atoms with Gasteiger partial charge in [-0.3, -0.25) is 0 Å². The topological polar surface area (TPSA) is 58.9 Å². The molecule has 0 heterocycles. The van der Waals surface area contributed by atoms with Gasteiger partial charge < -0.3 is 10.2 Å². The molecule has 0 radical (unpaired) electrons. The lowest BCUT2D eigenvalue weighted by Gasteiger charge is -2.10. The fourth-order valence-corrected chi connectivity index (χ4v) is 1.20. The zero-order valence-electron chi connectivity index (χ0n) is 9.65. The quantitative estimate of drug-likeness (QED) is 0.316. The summed E-state index contributed by atoms with van der Waals surface area (Å²) in [5.74, 6) is 0. The van der Waals surface area contributed by atoms with Crippen molar-refractivity contribution in [2.45, 2.75) is 51.6 Å². The molecule has 0 aliphatic carbocycles. The van der Waals surface area contributed by atoms with Gasteiger partial charge in [-0.25, -0.2) is 9.78 Å². The van der Waals surface area contributed by atoms with Crippen molar-refractivity contribution in [3.8, 4) is 0 Å². The van der Waals surface area contributed by atoms with E-state index in [1.54, 1.807) is 0 Å². The summed E-state index contributed by atoms with van der Waals surface area (Å²) in [6.07, 6.45) is 6.58. The second-order valence-corrected chi connectivity index (χ2v) is 3.67. The Morgan fingerprint density at radius 2 is 1.53 bits per heavy atom. The summed E-state index contributed by atoms with van der Waals surface area (Å²) in [7, 11) is 0. The van der Waals surface area contributed by atoms with Crippen molar-refractivity contribution in [1.82, 2.24) is 0 Å². The molecule has 0 aliphatic heterocycles. The molecule has 0 bridgehead atoms. The van der Waals surface area contributed by atoms with E-state index in [-0.39, 0.29) is 13.2 Å². The number of aliphatic hydroxyl groups excluding tert-OH is 2. The molecule has 0 fully saturated rings. The van der Waals surface area contributed by atoms with Gasteiger partial charge in [0.15, 0.2) is 0 Å². The van der Waals surface area contributed by atoms with Gasteiger partial charge >= 0.3 is 0 Å². The van der Waals surface area contributed by atoms with Crippen LogP contribution in [0.2, 0.25) is 0 Å². The molecular formula is C11H24O4. The smallest absolute Gasteiger partial charge is 0.139 e. The average Bonchev–Trinajstić information content (AvgIpc) is 2.27. The molecular weight excluding hydrogens is 196 g/mol. The van der Waals surface area contributed by atoms with Crippen molar-refractivity contribution >= 4 is 0 Å². The monoisotopic (exact) mass is 220 g/mol. The van der Waals surface area contributed by atoms with Crippen LogP contribution in [0.1, 0.15) is 45.4 Å². The van der Waals surface area contributed by atoms with E-state index >= 15 is 0 Å². The molecule has 0 amide bonds. The first-order valence-corrected chi connectivity index (χ1v) is 5.85. The molecule has 4 nitrogen and oxygen atoms in total. The molecule has 0 spiro atoms. The van der Waals surface area contributed by atoms with Gasteiger partial charge in [0.05, 0.1) is 19.8 Å². The van der Waals surface area contributed by atoms with Crippen LogP contribution in [0.15, 0.2) is 0 Å². The molecule has 4 heteroatoms. The average molecular weight is 220 g/mol. The summed E-state index contributed by atoms with van der Waals surface area (Å²) >= 11 is 0. The van der Waals surface area contributed by atoms with E-state index in [4.69, 9.17) is 20.0 Å². The first kappa shape index (κ1) is 14.8. The Morgan fingerprint density at radius 1 is 0.933 bits per heavy atom. The van der Waals surface area contributed by atoms with E-state index in [1.165, 1.54) is 25.7 Å². The number of hydrogen-bond donors (Lipinski definition) is 2. The summed E-state index contributed by atoms with van der Waals surface area (Å²) < 4.78 is 0. The van der Waals surface area contributed by atoms with E-state index in [1.807, 2.05) is 0 Å². The Kier molecular flexibility index (Phi) is 11.8. The summed E-state index contributed by atoms with van der Waals surface area (Å²) in [5.41, 5.74) is 0. The molecule has 0 aliphatic rings. The van der Waals surface area contributed by atoms with E-state index in [9.17, 15) is 0 Å². The fourth-order valence-electron chi connectivity index (χ4n) is 1.20. The van der Waals surface area contributed by atoms with Crippen molar-refractivity contribution < 1.29 is 20.0 Å². The van der Waals surface area contributed by atoms with Crippen molar-refractivity contribution in [2.24, 2.45) is 0 Å². The van der Waals surface area contributed by atoms with Crippen LogP contribution in [-0.4, -0.2) is 36.1 Å². The lowest BCUT2D eigenvalue weighted by molar-refractivity contribution is -0.333. The summed E-state index contributed by atoms with van der Waals surface area (Å²) in [5, 5.41) is 17.3. The highest BCUT2D eigenvalue weighted by molar-refractivity contribution is 4.47. The van der Waals surface area contributed by atoms with Crippen LogP contribution in [0.25, 0.3) is 0 Å². The van der Waals surface area contributed by atoms with Gasteiger partial charge in [-0.1, -0.05) is 39.0 Å². The second-order valence-electron chi connectivity index (χ2n) is 3.67. The zero-order valence-corrected chi connectivity index (χ0v) is 9.65. The van der Waals surface area contributed by atoms with Crippen LogP contribution >= 0.6 is 0 Å². The summed E-state index contributed by atoms with van der Waals surface area (Å²) in [6, 6.07) is 0. The number of aliphatic hydroxyl groups is 2. The Hall–Kier alpha value is -0.160. The van der Waals surface area contributed by atoms with Crippen LogP contribution < -0.4 is 0 Å². The second kappa shape index (κ2) is 11.9. The standard InChI is InChI=1S/C11H24O4/c1-2-3-4-5-6-7-8-14-15-11(9-12)10-13/h11-13H,2-10H2,1H3. The third-order valence-electron chi connectivity index (χ3n) is 2.19. The molecule has 2 N–H and O–H groups in total. The highest BCUT2D eigenvalue weighted by Crippen LogP contribution is 2.05. The zero-order chi connectivity index (χ0) is 11.4. The molecule has 0 unspecified atom stereocenters. The number of unbranched alkanes of at least 4 members (excludes halogenated alkanes) is 5. The largest absolute Gasteiger partial charge is 0.393 e. The molecule has 0 aromatic heterocycles. The third-order valence-corrected chi connectivity index (χ3v) is 2.19. The molecule has 0 rings (SSSR count). The minimum atomic E-state index is -0.606. The van der Waals surface area contributed by atoms with E-state index < -0.39 is 6.10 Å². The normalized spacial score (nSPS) is 11.2. The molecule has 0 atom stereocenters. The predicted octanol–water partition coefficient (Wildman–Crippen LogP) is 1.65. The Morgan fingerprint density at radius 3 is 2.13 bits per heavy atom. The van der Waals surface area contributed by atoms with Crippen LogP contribution in [0.5, 0.6) is 0 Å². The van der Waals surface area contributed by atoms with Crippen molar-refractivity contribution in [3.63, 3.8) is 0 Å². The SMILES string of the molecule is CCCCCCCCOOC(CO)CO. The maximum atomic E-state index is 8.66. The van der Waals surface area contributed by atoms with Crippen molar-refractivity contribution in [1.29, 1.82) is 0 Å². The minimum Gasteiger partial charge on any atom is -0.393 e. The highest BCUT2D eigenvalue weighted by Gasteiger charge is 2.05. The number of hydrogen-bond acceptors (Lipinski definition) is 4. The van der Waals surface area contributed by atoms with Gasteiger partial charge in [-0.15, -0.1) is 0 Å². The minimum absolute atomic E-state index is 0.215. The van der Waals surface area contributed by atoms with E-state index in [2.05, 4.69) is 6.92 Å². The molecule has 15 heavy (non-hydrogen) atoms. The summed E-state index contributed by atoms with van der Waals surface area (Å²) in [4.78, 5) is 9.63. The lowest BCUT2D eigenvalue weighted by atomic mass is 10.1. The fraction of sp³-hybridized carbons (Fsp3) is 1.00. The van der Waals surface area contributed by atoms with E-state index in [0.29, 0.717) is 6.61 Å². The predicted molar refractivity (Wildman–Crippen MR) is 58.4 cm³/mol. The third kappa shape index (κ3) is 10.1. The van der Waals surface area contributed by atoms with Gasteiger partial charge in [0.1, 0.15) is 6.10 Å². The molecule has 0 aromatic carbocycles. The Balaban J connectivity index is 3.04. The van der Waals surface area contributed by atoms with Crippen LogP contribution in [-0.2, 0) is 9.78 Å². The maximum absolute atomic E-state index is 8.66. The van der Waals surface area contributed by atoms with Crippen molar-refractivity contribution in [3.05, 3.63) is 0 Å². The Bertz CT molecular complexity index is 115. The Labute approximate surface area is 92.1 Å². The van der Waals surface area contributed by atoms with Gasteiger partial charge in [0, 0.05) is 0 Å². The first-order chi connectivity index (χ1) is 7.35. The number of rotatable bonds is 11. The lowest BCUT2D eigenvalue weighted by Crippen LogP contribution is -2.22. The van der Waals surface area contributed by atoms with Gasteiger partial charge in [0.25, 0.3) is 0 Å². The van der Waals surface area contributed by atoms with Crippen LogP contribution in [0, 0.1) is 0 Å². The first-order valence-electron chi connectivity index (χ1n) is 5.85. The van der Waals surface area contributed by atoms with Crippen molar-refractivity contribution in [2.75, 3.05) is 19.8 Å². The van der Waals surface area contributed by atoms with E-state index in [0.717, 1.165) is 12.8 Å². The highest BCUT2D eigenvalue weighted by atomic mass is 17.2. The van der Waals surface area contributed by atoms with Gasteiger partial charge in [-0.05, 0) is 6.42 Å². The molecule has 0 saturated heterocycles. The summed E-state index contributed by atoms with van der Waals surface area (Å²) in [6.45, 7) is 2.30. The van der Waals surface area contributed by atoms with Crippen LogP contribution in [0.4, 0.5) is 0 Å². The van der Waals surface area contributed by atoms with Gasteiger partial charge in [-0.2, -0.15) is 0 Å². The molecule has 0 saturated carbocycles.